The molecule has 2 aromatic heterocycles. The van der Waals surface area contributed by atoms with Crippen molar-refractivity contribution in [1.82, 2.24) is 14.8 Å². The zero-order chi connectivity index (χ0) is 14.8. The highest BCUT2D eigenvalue weighted by Crippen LogP contribution is 2.14. The molecular formula is C13H9ClN5O2+. The fourth-order valence-electron chi connectivity index (χ4n) is 1.84. The van der Waals surface area contributed by atoms with Crippen molar-refractivity contribution in [2.75, 3.05) is 0 Å². The lowest BCUT2D eigenvalue weighted by Crippen LogP contribution is -2.29. The van der Waals surface area contributed by atoms with Crippen LogP contribution in [0.15, 0.2) is 55.1 Å². The number of imidazole rings is 1. The summed E-state index contributed by atoms with van der Waals surface area (Å²) in [5, 5.41) is 18.7. The van der Waals surface area contributed by atoms with Gasteiger partial charge in [-0.25, -0.2) is 9.13 Å². The van der Waals surface area contributed by atoms with E-state index in [9.17, 15) is 10.1 Å². The molecule has 0 saturated heterocycles. The number of nitrogens with zero attached hydrogens (tertiary/aromatic N) is 5. The van der Waals surface area contributed by atoms with Gasteiger partial charge in [-0.2, -0.15) is 0 Å². The van der Waals surface area contributed by atoms with E-state index in [0.29, 0.717) is 11.0 Å². The molecule has 0 unspecified atom stereocenters. The zero-order valence-corrected chi connectivity index (χ0v) is 11.4. The first-order chi connectivity index (χ1) is 10.1. The Labute approximate surface area is 124 Å². The monoisotopic (exact) mass is 302 g/mol. The van der Waals surface area contributed by atoms with Crippen LogP contribution in [0.4, 0.5) is 5.69 Å². The molecule has 0 amide bonds. The van der Waals surface area contributed by atoms with Gasteiger partial charge in [0.1, 0.15) is 11.9 Å². The number of benzene rings is 1. The molecule has 0 bridgehead atoms. The van der Waals surface area contributed by atoms with Gasteiger partial charge in [0.15, 0.2) is 11.5 Å². The molecule has 0 fully saturated rings. The normalized spacial score (nSPS) is 10.5. The first-order valence-electron chi connectivity index (χ1n) is 5.97. The largest absolute Gasteiger partial charge is 0.292 e. The molecule has 0 aliphatic carbocycles. The van der Waals surface area contributed by atoms with E-state index in [-0.39, 0.29) is 5.69 Å². The average Bonchev–Trinajstić information content (AvgIpc) is 2.98. The summed E-state index contributed by atoms with van der Waals surface area (Å²) >= 11 is 5.70. The highest BCUT2D eigenvalue weighted by Gasteiger charge is 2.11. The van der Waals surface area contributed by atoms with E-state index in [4.69, 9.17) is 11.6 Å². The molecule has 0 saturated carbocycles. The number of nitro benzene ring substituents is 1. The summed E-state index contributed by atoms with van der Waals surface area (Å²) < 4.78 is 3.59. The average molecular weight is 303 g/mol. The van der Waals surface area contributed by atoms with Gasteiger partial charge in [-0.15, -0.1) is 0 Å². The molecule has 7 nitrogen and oxygen atoms in total. The minimum absolute atomic E-state index is 0.0577. The Morgan fingerprint density at radius 3 is 2.52 bits per heavy atom. The van der Waals surface area contributed by atoms with E-state index in [1.165, 1.54) is 12.1 Å². The molecule has 104 valence electrons. The summed E-state index contributed by atoms with van der Waals surface area (Å²) in [5.41, 5.74) is 0.864. The van der Waals surface area contributed by atoms with Gasteiger partial charge in [0.05, 0.1) is 11.1 Å². The number of hydrogen-bond donors (Lipinski definition) is 0. The first-order valence-corrected chi connectivity index (χ1v) is 6.35. The third-order valence-corrected chi connectivity index (χ3v) is 3.08. The van der Waals surface area contributed by atoms with Gasteiger partial charge in [0.2, 0.25) is 0 Å². The van der Waals surface area contributed by atoms with Gasteiger partial charge in [0.25, 0.3) is 11.5 Å². The van der Waals surface area contributed by atoms with Crippen molar-refractivity contribution < 1.29 is 9.49 Å². The highest BCUT2D eigenvalue weighted by molar-refractivity contribution is 6.29. The number of nitro groups is 1. The highest BCUT2D eigenvalue weighted by atomic mass is 35.5. The lowest BCUT2D eigenvalue weighted by Gasteiger charge is -1.97. The van der Waals surface area contributed by atoms with E-state index >= 15 is 0 Å². The fourth-order valence-corrected chi connectivity index (χ4v) is 1.94. The Balaban J connectivity index is 1.90. The van der Waals surface area contributed by atoms with Gasteiger partial charge >= 0.3 is 0 Å². The van der Waals surface area contributed by atoms with Crippen LogP contribution in [0.1, 0.15) is 0 Å². The maximum Gasteiger partial charge on any atom is 0.292 e. The summed E-state index contributed by atoms with van der Waals surface area (Å²) in [7, 11) is 0. The lowest BCUT2D eigenvalue weighted by atomic mass is 10.3. The second-order valence-corrected chi connectivity index (χ2v) is 4.60. The van der Waals surface area contributed by atoms with Crippen LogP contribution in [0.2, 0.25) is 5.15 Å². The SMILES string of the molecule is O=[N+]([O-])c1ccc(-n2cc[n+](-c3ccc(Cl)nn3)c2)cc1. The van der Waals surface area contributed by atoms with Crippen LogP contribution in [0.25, 0.3) is 11.5 Å². The third kappa shape index (κ3) is 2.72. The third-order valence-electron chi connectivity index (χ3n) is 2.88. The van der Waals surface area contributed by atoms with Gasteiger partial charge in [-0.3, -0.25) is 10.1 Å². The van der Waals surface area contributed by atoms with Gasteiger partial charge in [0, 0.05) is 23.3 Å². The summed E-state index contributed by atoms with van der Waals surface area (Å²) in [6.45, 7) is 0. The van der Waals surface area contributed by atoms with Crippen LogP contribution in [0.3, 0.4) is 0 Å². The molecule has 0 N–H and O–H groups in total. The van der Waals surface area contributed by atoms with Crippen molar-refractivity contribution in [3.8, 4) is 11.5 Å². The van der Waals surface area contributed by atoms with E-state index in [1.54, 1.807) is 41.4 Å². The zero-order valence-electron chi connectivity index (χ0n) is 10.6. The van der Waals surface area contributed by atoms with Crippen molar-refractivity contribution in [2.24, 2.45) is 0 Å². The Hall–Kier alpha value is -2.80. The van der Waals surface area contributed by atoms with Gasteiger partial charge < -0.3 is 0 Å². The smallest absolute Gasteiger partial charge is 0.258 e. The maximum absolute atomic E-state index is 10.6. The maximum atomic E-state index is 10.6. The van der Waals surface area contributed by atoms with Crippen molar-refractivity contribution in [3.63, 3.8) is 0 Å². The van der Waals surface area contributed by atoms with Crippen LogP contribution >= 0.6 is 11.6 Å². The molecule has 3 rings (SSSR count). The quantitative estimate of drug-likeness (QED) is 0.422. The molecule has 0 aliphatic heterocycles. The predicted octanol–water partition coefficient (Wildman–Crippen LogP) is 2.11. The van der Waals surface area contributed by atoms with E-state index < -0.39 is 4.92 Å². The molecule has 0 radical (unpaired) electrons. The Morgan fingerprint density at radius 1 is 1.14 bits per heavy atom. The molecule has 0 aliphatic rings. The minimum Gasteiger partial charge on any atom is -0.258 e. The van der Waals surface area contributed by atoms with Gasteiger partial charge in [-0.05, 0) is 18.2 Å². The van der Waals surface area contributed by atoms with Crippen LogP contribution < -0.4 is 4.57 Å². The first kappa shape index (κ1) is 13.2. The lowest BCUT2D eigenvalue weighted by molar-refractivity contribution is -0.599. The Kier molecular flexibility index (Phi) is 3.33. The van der Waals surface area contributed by atoms with Gasteiger partial charge in [-0.1, -0.05) is 16.7 Å². The van der Waals surface area contributed by atoms with Crippen molar-refractivity contribution in [1.29, 1.82) is 0 Å². The molecule has 8 heteroatoms. The second-order valence-electron chi connectivity index (χ2n) is 4.22. The molecule has 2 heterocycles. The second kappa shape index (κ2) is 5.29. The summed E-state index contributed by atoms with van der Waals surface area (Å²) in [6, 6.07) is 9.67. The van der Waals surface area contributed by atoms with Crippen molar-refractivity contribution in [3.05, 3.63) is 70.4 Å². The molecule has 1 aromatic carbocycles. The number of non-ortho nitro benzene ring substituents is 1. The molecule has 3 aromatic rings. The van der Waals surface area contributed by atoms with E-state index in [1.807, 2.05) is 10.8 Å². The van der Waals surface area contributed by atoms with Crippen LogP contribution in [0, 0.1) is 10.1 Å². The number of rotatable bonds is 3. The number of halogens is 1. The standard InChI is InChI=1S/C13H9ClN5O2/c14-12-5-6-13(16-15-12)18-8-7-17(9-18)10-1-3-11(4-2-10)19(20)21/h1-9H/q+1. The van der Waals surface area contributed by atoms with Crippen LogP contribution in [-0.2, 0) is 0 Å². The fraction of sp³-hybridized carbons (Fsp3) is 0. The minimum atomic E-state index is -0.428. The summed E-state index contributed by atoms with van der Waals surface area (Å²) in [6.07, 6.45) is 5.41. The molecule has 21 heavy (non-hydrogen) atoms. The van der Waals surface area contributed by atoms with Crippen molar-refractivity contribution in [2.45, 2.75) is 0 Å². The summed E-state index contributed by atoms with van der Waals surface area (Å²) in [4.78, 5) is 10.2. The molecular weight excluding hydrogens is 294 g/mol. The van der Waals surface area contributed by atoms with Crippen molar-refractivity contribution >= 4 is 17.3 Å². The predicted molar refractivity (Wildman–Crippen MR) is 74.6 cm³/mol. The topological polar surface area (TPSA) is 77.7 Å². The van der Waals surface area contributed by atoms with E-state index in [0.717, 1.165) is 5.69 Å². The van der Waals surface area contributed by atoms with Crippen LogP contribution in [0.5, 0.6) is 0 Å². The Morgan fingerprint density at radius 2 is 1.90 bits per heavy atom. The van der Waals surface area contributed by atoms with E-state index in [2.05, 4.69) is 10.2 Å². The summed E-state index contributed by atoms with van der Waals surface area (Å²) in [5.74, 6) is 0.625. The molecule has 0 spiro atoms. The molecule has 0 atom stereocenters. The Bertz CT molecular complexity index is 783. The number of aromatic nitrogens is 4. The number of hydrogen-bond acceptors (Lipinski definition) is 4. The van der Waals surface area contributed by atoms with Crippen LogP contribution in [-0.4, -0.2) is 19.7 Å².